The summed E-state index contributed by atoms with van der Waals surface area (Å²) in [6, 6.07) is 1.45. The summed E-state index contributed by atoms with van der Waals surface area (Å²) in [7, 11) is 0. The normalized spacial score (nSPS) is 24.7. The van der Waals surface area contributed by atoms with Crippen molar-refractivity contribution in [2.24, 2.45) is 17.8 Å². The summed E-state index contributed by atoms with van der Waals surface area (Å²) in [4.78, 5) is 32.8. The number of nitrogens with zero attached hydrogens (tertiary/aromatic N) is 6. The molecule has 0 radical (unpaired) electrons. The highest BCUT2D eigenvalue weighted by Crippen LogP contribution is 2.47. The number of fused-ring (bicyclic) bond motifs is 1. The van der Waals surface area contributed by atoms with Crippen molar-refractivity contribution in [2.75, 3.05) is 6.54 Å². The summed E-state index contributed by atoms with van der Waals surface area (Å²) in [5.74, 6) is -2.47. The lowest BCUT2D eigenvalue weighted by Gasteiger charge is -2.33. The second-order valence-corrected chi connectivity index (χ2v) is 11.9. The molecular formula is C27H32F2N8O3. The molecule has 3 aromatic heterocycles. The number of nitrogens with one attached hydrogen (secondary N) is 2. The second kappa shape index (κ2) is 9.48. The molecule has 3 saturated carbocycles. The molecule has 11 nitrogen and oxygen atoms in total. The zero-order chi connectivity index (χ0) is 27.6. The van der Waals surface area contributed by atoms with E-state index in [0.29, 0.717) is 35.4 Å². The number of rotatable bonds is 8. The Labute approximate surface area is 229 Å². The summed E-state index contributed by atoms with van der Waals surface area (Å²) < 4.78 is 34.3. The maximum Gasteiger partial charge on any atom is 0.318 e. The molecule has 0 spiro atoms. The fraction of sp³-hybridized carbons (Fsp3) is 0.630. The Bertz CT molecular complexity index is 1440. The lowest BCUT2D eigenvalue weighted by Crippen LogP contribution is -2.37. The third-order valence-electron chi connectivity index (χ3n) is 8.97. The highest BCUT2D eigenvalue weighted by molar-refractivity contribution is 5.93. The number of halogens is 2. The van der Waals surface area contributed by atoms with E-state index >= 15 is 0 Å². The van der Waals surface area contributed by atoms with Crippen LogP contribution < -0.4 is 10.6 Å². The van der Waals surface area contributed by atoms with Crippen molar-refractivity contribution in [1.82, 2.24) is 40.4 Å². The molecule has 13 heteroatoms. The Morgan fingerprint density at radius 3 is 2.60 bits per heavy atom. The number of carbonyl (C=O) groups is 2. The van der Waals surface area contributed by atoms with Gasteiger partial charge in [0.15, 0.2) is 11.3 Å². The number of carbonyl (C=O) groups excluding carboxylic acids is 2. The molecule has 4 aliphatic rings. The van der Waals surface area contributed by atoms with Crippen LogP contribution in [0.4, 0.5) is 13.6 Å². The smallest absolute Gasteiger partial charge is 0.318 e. The van der Waals surface area contributed by atoms with Crippen LogP contribution in [0.25, 0.3) is 5.65 Å². The largest absolute Gasteiger partial charge is 0.342 e. The molecule has 3 amide bonds. The van der Waals surface area contributed by atoms with Crippen LogP contribution in [0, 0.1) is 24.7 Å². The number of urea groups is 1. The first-order valence-electron chi connectivity index (χ1n) is 14.2. The zero-order valence-corrected chi connectivity index (χ0v) is 22.2. The van der Waals surface area contributed by atoms with Crippen molar-refractivity contribution in [2.45, 2.75) is 82.3 Å². The molecule has 0 unspecified atom stereocenters. The van der Waals surface area contributed by atoms with Crippen molar-refractivity contribution in [3.8, 4) is 0 Å². The highest BCUT2D eigenvalue weighted by Gasteiger charge is 2.46. The molecule has 3 atom stereocenters. The molecule has 7 rings (SSSR count). The van der Waals surface area contributed by atoms with Gasteiger partial charge < -0.3 is 15.5 Å². The number of aromatic nitrogens is 5. The van der Waals surface area contributed by atoms with Crippen LogP contribution in [-0.4, -0.2) is 60.3 Å². The molecule has 3 aliphatic carbocycles. The topological polar surface area (TPSA) is 131 Å². The van der Waals surface area contributed by atoms with Crippen LogP contribution in [0.3, 0.4) is 0 Å². The van der Waals surface area contributed by atoms with E-state index in [1.54, 1.807) is 23.8 Å². The molecule has 1 saturated heterocycles. The molecule has 2 N–H and O–H groups in total. The van der Waals surface area contributed by atoms with E-state index in [9.17, 15) is 18.4 Å². The maximum absolute atomic E-state index is 14.0. The van der Waals surface area contributed by atoms with Gasteiger partial charge in [0, 0.05) is 19.4 Å². The number of imidazole rings is 1. The lowest BCUT2D eigenvalue weighted by molar-refractivity contribution is -0.0495. The summed E-state index contributed by atoms with van der Waals surface area (Å²) in [5, 5.41) is 18.1. The van der Waals surface area contributed by atoms with Gasteiger partial charge >= 0.3 is 6.03 Å². The third-order valence-corrected chi connectivity index (χ3v) is 8.97. The fourth-order valence-corrected chi connectivity index (χ4v) is 6.40. The number of hydrogen-bond donors (Lipinski definition) is 2. The van der Waals surface area contributed by atoms with E-state index < -0.39 is 17.9 Å². The van der Waals surface area contributed by atoms with E-state index in [1.165, 1.54) is 12.8 Å². The van der Waals surface area contributed by atoms with E-state index in [2.05, 4.69) is 30.7 Å². The van der Waals surface area contributed by atoms with Gasteiger partial charge in [-0.3, -0.25) is 4.79 Å². The van der Waals surface area contributed by atoms with Gasteiger partial charge in [0.2, 0.25) is 5.92 Å². The van der Waals surface area contributed by atoms with Gasteiger partial charge in [-0.2, -0.15) is 5.10 Å². The highest BCUT2D eigenvalue weighted by atomic mass is 19.3. The third kappa shape index (κ3) is 4.79. The molecule has 4 fully saturated rings. The van der Waals surface area contributed by atoms with E-state index in [0.717, 1.165) is 18.4 Å². The molecule has 212 valence electrons. The lowest BCUT2D eigenvalue weighted by atomic mass is 9.81. The first-order valence-corrected chi connectivity index (χ1v) is 14.2. The first kappa shape index (κ1) is 25.3. The van der Waals surface area contributed by atoms with Crippen LogP contribution in [0.2, 0.25) is 0 Å². The van der Waals surface area contributed by atoms with Crippen molar-refractivity contribution < 1.29 is 23.0 Å². The minimum absolute atomic E-state index is 0.0211. The predicted molar refractivity (Wildman–Crippen MR) is 136 cm³/mol. The Morgan fingerprint density at radius 2 is 1.93 bits per heavy atom. The minimum Gasteiger partial charge on any atom is -0.342 e. The number of alkyl halides is 2. The average molecular weight is 555 g/mol. The quantitative estimate of drug-likeness (QED) is 0.431. The summed E-state index contributed by atoms with van der Waals surface area (Å²) in [6.07, 6.45) is 7.99. The fourth-order valence-electron chi connectivity index (χ4n) is 6.40. The standard InChI is InChI=1S/C27H32F2N8O3/c1-14-22(35-40-34-14)25(38)33-23(16-6-8-27(28,29)9-7-16)20-13-37-21(31-20)10-18(11-30-37)24(17-4-5-17)36-12-19(15-2-3-15)32-26(36)39/h10-11,13,15-17,19,23-24H,2-9,12H2,1H3,(H,32,39)(H,33,38)/t19-,23-,24+/m0/s1. The van der Waals surface area contributed by atoms with Crippen molar-refractivity contribution in [1.29, 1.82) is 0 Å². The van der Waals surface area contributed by atoms with Gasteiger partial charge in [-0.05, 0) is 80.0 Å². The maximum atomic E-state index is 14.0. The van der Waals surface area contributed by atoms with E-state index in [1.807, 2.05) is 11.0 Å². The van der Waals surface area contributed by atoms with Crippen molar-refractivity contribution in [3.63, 3.8) is 0 Å². The Morgan fingerprint density at radius 1 is 1.15 bits per heavy atom. The second-order valence-electron chi connectivity index (χ2n) is 11.9. The van der Waals surface area contributed by atoms with Gasteiger partial charge in [0.25, 0.3) is 5.91 Å². The average Bonchev–Trinajstić information content (AvgIpc) is 3.83. The van der Waals surface area contributed by atoms with Crippen LogP contribution >= 0.6 is 0 Å². The SMILES string of the molecule is Cc1nonc1C(=O)N[C@H](c1cn2ncc([C@@H](C3CC3)N3C[C@@H](C4CC4)NC3=O)cc2n1)C1CCC(F)(F)CC1. The summed E-state index contributed by atoms with van der Waals surface area (Å²) >= 11 is 0. The molecule has 1 aliphatic heterocycles. The van der Waals surface area contributed by atoms with E-state index in [-0.39, 0.29) is 55.4 Å². The number of aryl methyl sites for hydroxylation is 1. The van der Waals surface area contributed by atoms with Gasteiger partial charge in [0.1, 0.15) is 5.69 Å². The predicted octanol–water partition coefficient (Wildman–Crippen LogP) is 3.97. The Kier molecular flexibility index (Phi) is 6.00. The number of amides is 3. The molecule has 40 heavy (non-hydrogen) atoms. The van der Waals surface area contributed by atoms with E-state index in [4.69, 9.17) is 4.98 Å². The van der Waals surface area contributed by atoms with Crippen LogP contribution in [0.1, 0.15) is 90.9 Å². The monoisotopic (exact) mass is 554 g/mol. The van der Waals surface area contributed by atoms with Gasteiger partial charge in [0.05, 0.1) is 36.2 Å². The Balaban J connectivity index is 1.18. The number of hydrogen-bond acceptors (Lipinski definition) is 7. The van der Waals surface area contributed by atoms with Crippen molar-refractivity contribution >= 4 is 17.6 Å². The Hall–Kier alpha value is -3.64. The minimum atomic E-state index is -2.70. The van der Waals surface area contributed by atoms with Gasteiger partial charge in [-0.1, -0.05) is 5.16 Å². The summed E-state index contributed by atoms with van der Waals surface area (Å²) in [5.41, 5.74) is 2.44. The summed E-state index contributed by atoms with van der Waals surface area (Å²) in [6.45, 7) is 2.31. The van der Waals surface area contributed by atoms with Crippen LogP contribution in [0.5, 0.6) is 0 Å². The van der Waals surface area contributed by atoms with Crippen molar-refractivity contribution in [3.05, 3.63) is 41.1 Å². The molecule has 0 aromatic carbocycles. The molecule has 4 heterocycles. The van der Waals surface area contributed by atoms with Gasteiger partial charge in [-0.25, -0.2) is 27.7 Å². The molecular weight excluding hydrogens is 522 g/mol. The van der Waals surface area contributed by atoms with Crippen LogP contribution in [-0.2, 0) is 0 Å². The van der Waals surface area contributed by atoms with Crippen LogP contribution in [0.15, 0.2) is 23.1 Å². The first-order chi connectivity index (χ1) is 19.3. The molecule has 0 bridgehead atoms. The zero-order valence-electron chi connectivity index (χ0n) is 22.2. The van der Waals surface area contributed by atoms with Gasteiger partial charge in [-0.15, -0.1) is 0 Å². The molecule has 3 aromatic rings.